The Morgan fingerprint density at radius 2 is 1.76 bits per heavy atom. The third kappa shape index (κ3) is 4.57. The highest BCUT2D eigenvalue weighted by atomic mass is 127. The minimum absolute atomic E-state index is 0.185. The van der Waals surface area contributed by atoms with Crippen molar-refractivity contribution in [3.8, 4) is 0 Å². The van der Waals surface area contributed by atoms with E-state index in [1.54, 1.807) is 13.1 Å². The lowest BCUT2D eigenvalue weighted by Crippen LogP contribution is -2.34. The van der Waals surface area contributed by atoms with E-state index in [0.717, 1.165) is 25.6 Å². The van der Waals surface area contributed by atoms with Crippen LogP contribution in [0, 0.1) is 3.57 Å². The number of nitrogens with zero attached hydrogens (tertiary/aromatic N) is 1. The van der Waals surface area contributed by atoms with Gasteiger partial charge < -0.3 is 5.32 Å². The van der Waals surface area contributed by atoms with Crippen molar-refractivity contribution in [3.05, 3.63) is 75.9 Å². The zero-order valence-electron chi connectivity index (χ0n) is 13.7. The van der Waals surface area contributed by atoms with Crippen molar-refractivity contribution >= 4 is 51.2 Å². The summed E-state index contributed by atoms with van der Waals surface area (Å²) >= 11 is 2.25. The first kappa shape index (κ1) is 17.4. The van der Waals surface area contributed by atoms with Crippen LogP contribution in [-0.4, -0.2) is 18.2 Å². The second kappa shape index (κ2) is 8.11. The van der Waals surface area contributed by atoms with Crippen LogP contribution in [0.15, 0.2) is 71.8 Å². The lowest BCUT2D eigenvalue weighted by molar-refractivity contribution is -0.121. The average molecular weight is 443 g/mol. The highest BCUT2D eigenvalue weighted by molar-refractivity contribution is 14.1. The molecule has 5 heteroatoms. The third-order valence-corrected chi connectivity index (χ3v) is 4.54. The topological polar surface area (TPSA) is 53.5 Å². The van der Waals surface area contributed by atoms with Gasteiger partial charge in [-0.15, -0.1) is 0 Å². The van der Waals surface area contributed by atoms with Crippen molar-refractivity contribution in [1.29, 1.82) is 0 Å². The summed E-state index contributed by atoms with van der Waals surface area (Å²) in [4.78, 5) is 12.2. The van der Waals surface area contributed by atoms with Crippen LogP contribution >= 0.6 is 22.6 Å². The number of amides is 1. The summed E-state index contributed by atoms with van der Waals surface area (Å²) < 4.78 is 1.15. The summed E-state index contributed by atoms with van der Waals surface area (Å²) in [6.07, 6.45) is 1.68. The summed E-state index contributed by atoms with van der Waals surface area (Å²) in [7, 11) is 0. The molecule has 1 atom stereocenters. The molecule has 1 amide bonds. The molecule has 0 aliphatic heterocycles. The minimum Gasteiger partial charge on any atom is -0.374 e. The highest BCUT2D eigenvalue weighted by Crippen LogP contribution is 2.16. The maximum atomic E-state index is 12.2. The molecule has 0 aliphatic carbocycles. The van der Waals surface area contributed by atoms with Gasteiger partial charge in [0, 0.05) is 14.8 Å². The van der Waals surface area contributed by atoms with Crippen molar-refractivity contribution < 1.29 is 4.79 Å². The minimum atomic E-state index is -0.385. The Morgan fingerprint density at radius 1 is 1.04 bits per heavy atom. The SMILES string of the molecule is C[C@H](Nc1ccc(I)cc1)C(=O)N/N=C\c1cccc2ccccc12. The molecule has 0 unspecified atom stereocenters. The molecule has 4 nitrogen and oxygen atoms in total. The molecule has 0 saturated carbocycles. The Hall–Kier alpha value is -2.41. The van der Waals surface area contributed by atoms with Crippen LogP contribution in [0.25, 0.3) is 10.8 Å². The van der Waals surface area contributed by atoms with Crippen LogP contribution in [0.3, 0.4) is 0 Å². The number of rotatable bonds is 5. The standard InChI is InChI=1S/C20H18IN3O/c1-14(23-18-11-9-17(21)10-12-18)20(25)24-22-13-16-7-4-6-15-5-2-3-8-19(15)16/h2-14,23H,1H3,(H,24,25)/b22-13-/t14-/m0/s1. The van der Waals surface area contributed by atoms with Crippen LogP contribution in [-0.2, 0) is 4.79 Å². The number of hydrogen-bond acceptors (Lipinski definition) is 3. The smallest absolute Gasteiger partial charge is 0.262 e. The number of hydrogen-bond donors (Lipinski definition) is 2. The van der Waals surface area contributed by atoms with Gasteiger partial charge in [-0.25, -0.2) is 5.43 Å². The number of carbonyl (C=O) groups is 1. The lowest BCUT2D eigenvalue weighted by Gasteiger charge is -2.13. The second-order valence-corrected chi connectivity index (χ2v) is 6.92. The normalized spacial score (nSPS) is 12.2. The molecule has 0 heterocycles. The van der Waals surface area contributed by atoms with E-state index < -0.39 is 0 Å². The van der Waals surface area contributed by atoms with Gasteiger partial charge in [0.15, 0.2) is 0 Å². The molecule has 25 heavy (non-hydrogen) atoms. The predicted octanol–water partition coefficient (Wildman–Crippen LogP) is 4.40. The molecule has 0 aliphatic rings. The number of halogens is 1. The van der Waals surface area contributed by atoms with Crippen LogP contribution < -0.4 is 10.7 Å². The van der Waals surface area contributed by atoms with Crippen molar-refractivity contribution in [2.24, 2.45) is 5.10 Å². The first-order valence-corrected chi connectivity index (χ1v) is 9.04. The van der Waals surface area contributed by atoms with E-state index in [-0.39, 0.29) is 11.9 Å². The zero-order chi connectivity index (χ0) is 17.6. The van der Waals surface area contributed by atoms with Gasteiger partial charge in [-0.1, -0.05) is 42.5 Å². The maximum Gasteiger partial charge on any atom is 0.262 e. The molecule has 3 rings (SSSR count). The number of carbonyl (C=O) groups excluding carboxylic acids is 1. The number of fused-ring (bicyclic) bond motifs is 1. The molecule has 0 radical (unpaired) electrons. The predicted molar refractivity (Wildman–Crippen MR) is 112 cm³/mol. The molecular weight excluding hydrogens is 425 g/mol. The van der Waals surface area contributed by atoms with Gasteiger partial charge in [-0.2, -0.15) is 5.10 Å². The fourth-order valence-corrected chi connectivity index (χ4v) is 2.85. The van der Waals surface area contributed by atoms with Crippen molar-refractivity contribution in [2.75, 3.05) is 5.32 Å². The van der Waals surface area contributed by atoms with E-state index in [0.29, 0.717) is 0 Å². The molecular formula is C20H18IN3O. The Kier molecular flexibility index (Phi) is 5.65. The van der Waals surface area contributed by atoms with E-state index in [2.05, 4.69) is 50.6 Å². The van der Waals surface area contributed by atoms with Crippen LogP contribution in [0.2, 0.25) is 0 Å². The summed E-state index contributed by atoms with van der Waals surface area (Å²) in [5, 5.41) is 9.51. The first-order chi connectivity index (χ1) is 12.1. The number of benzene rings is 3. The summed E-state index contributed by atoms with van der Waals surface area (Å²) in [6, 6.07) is 21.6. The number of anilines is 1. The van der Waals surface area contributed by atoms with E-state index in [1.165, 1.54) is 0 Å². The van der Waals surface area contributed by atoms with Gasteiger partial charge in [0.25, 0.3) is 5.91 Å². The highest BCUT2D eigenvalue weighted by Gasteiger charge is 2.11. The summed E-state index contributed by atoms with van der Waals surface area (Å²) in [6.45, 7) is 1.81. The second-order valence-electron chi connectivity index (χ2n) is 5.68. The van der Waals surface area contributed by atoms with Gasteiger partial charge in [-0.05, 0) is 64.6 Å². The van der Waals surface area contributed by atoms with Crippen LogP contribution in [0.4, 0.5) is 5.69 Å². The molecule has 3 aromatic carbocycles. The van der Waals surface area contributed by atoms with Crippen molar-refractivity contribution in [2.45, 2.75) is 13.0 Å². The monoisotopic (exact) mass is 443 g/mol. The van der Waals surface area contributed by atoms with E-state index in [4.69, 9.17) is 0 Å². The van der Waals surface area contributed by atoms with Gasteiger partial charge in [-0.3, -0.25) is 4.79 Å². The molecule has 126 valence electrons. The first-order valence-electron chi connectivity index (χ1n) is 7.96. The molecule has 0 fully saturated rings. The molecule has 0 aromatic heterocycles. The van der Waals surface area contributed by atoms with Gasteiger partial charge in [0.2, 0.25) is 0 Å². The van der Waals surface area contributed by atoms with Crippen molar-refractivity contribution in [3.63, 3.8) is 0 Å². The quantitative estimate of drug-likeness (QED) is 0.349. The van der Waals surface area contributed by atoms with E-state index >= 15 is 0 Å². The zero-order valence-corrected chi connectivity index (χ0v) is 15.9. The van der Waals surface area contributed by atoms with Gasteiger partial charge in [0.05, 0.1) is 6.21 Å². The van der Waals surface area contributed by atoms with Crippen LogP contribution in [0.5, 0.6) is 0 Å². The van der Waals surface area contributed by atoms with Gasteiger partial charge in [0.1, 0.15) is 6.04 Å². The lowest BCUT2D eigenvalue weighted by atomic mass is 10.1. The molecule has 3 aromatic rings. The van der Waals surface area contributed by atoms with E-state index in [1.807, 2.05) is 54.6 Å². The summed E-state index contributed by atoms with van der Waals surface area (Å²) in [5.41, 5.74) is 4.47. The Morgan fingerprint density at radius 3 is 2.56 bits per heavy atom. The fraction of sp³-hybridized carbons (Fsp3) is 0.100. The molecule has 0 saturated heterocycles. The molecule has 0 bridgehead atoms. The third-order valence-electron chi connectivity index (χ3n) is 3.82. The Labute approximate surface area is 160 Å². The maximum absolute atomic E-state index is 12.2. The fourth-order valence-electron chi connectivity index (χ4n) is 2.49. The Balaban J connectivity index is 1.62. The molecule has 2 N–H and O–H groups in total. The summed E-state index contributed by atoms with van der Waals surface area (Å²) in [5.74, 6) is -0.185. The Bertz CT molecular complexity index is 901. The molecule has 0 spiro atoms. The largest absolute Gasteiger partial charge is 0.374 e. The number of nitrogens with one attached hydrogen (secondary N) is 2. The van der Waals surface area contributed by atoms with Gasteiger partial charge >= 0.3 is 0 Å². The van der Waals surface area contributed by atoms with E-state index in [9.17, 15) is 4.79 Å². The van der Waals surface area contributed by atoms with Crippen molar-refractivity contribution in [1.82, 2.24) is 5.43 Å². The van der Waals surface area contributed by atoms with Crippen LogP contribution in [0.1, 0.15) is 12.5 Å². The average Bonchev–Trinajstić information content (AvgIpc) is 2.63. The number of hydrazone groups is 1.